The number of nitrogens with one attached hydrogen (secondary N) is 1. The maximum atomic E-state index is 13.3. The summed E-state index contributed by atoms with van der Waals surface area (Å²) in [5.74, 6) is -1.17. The third-order valence-corrected chi connectivity index (χ3v) is 2.78. The first kappa shape index (κ1) is 12.7. The Balaban J connectivity index is 2.22. The third kappa shape index (κ3) is 2.75. The molecule has 7 heteroatoms. The second-order valence-corrected chi connectivity index (χ2v) is 4.11. The zero-order chi connectivity index (χ0) is 13.1. The summed E-state index contributed by atoms with van der Waals surface area (Å²) in [5.41, 5.74) is -0.127. The van der Waals surface area contributed by atoms with Crippen molar-refractivity contribution in [2.24, 2.45) is 0 Å². The van der Waals surface area contributed by atoms with Gasteiger partial charge in [-0.2, -0.15) is 0 Å². The van der Waals surface area contributed by atoms with Crippen LogP contribution in [0.4, 0.5) is 10.2 Å². The predicted molar refractivity (Wildman–Crippen MR) is 66.4 cm³/mol. The summed E-state index contributed by atoms with van der Waals surface area (Å²) < 4.78 is 13.3. The van der Waals surface area contributed by atoms with Crippen molar-refractivity contribution in [3.05, 3.63) is 52.1 Å². The second kappa shape index (κ2) is 5.29. The van der Waals surface area contributed by atoms with Gasteiger partial charge in [-0.05, 0) is 6.07 Å². The first-order chi connectivity index (χ1) is 8.58. The fourth-order valence-corrected chi connectivity index (χ4v) is 1.48. The molecule has 0 bridgehead atoms. The van der Waals surface area contributed by atoms with Crippen LogP contribution in [0.25, 0.3) is 0 Å². The molecule has 0 aliphatic carbocycles. The summed E-state index contributed by atoms with van der Waals surface area (Å²) in [5, 5.41) is 2.92. The minimum Gasteiger partial charge on any atom is -0.306 e. The van der Waals surface area contributed by atoms with Crippen LogP contribution in [0.2, 0.25) is 10.0 Å². The molecule has 2 aromatic heterocycles. The van der Waals surface area contributed by atoms with E-state index >= 15 is 0 Å². The molecule has 2 aromatic rings. The van der Waals surface area contributed by atoms with E-state index in [4.69, 9.17) is 23.2 Å². The summed E-state index contributed by atoms with van der Waals surface area (Å²) in [7, 11) is 0. The van der Waals surface area contributed by atoms with Crippen molar-refractivity contribution in [1.82, 2.24) is 9.97 Å². The number of hydrogen-bond donors (Lipinski definition) is 1. The summed E-state index contributed by atoms with van der Waals surface area (Å²) in [6, 6.07) is 2.64. The van der Waals surface area contributed by atoms with Gasteiger partial charge >= 0.3 is 0 Å². The van der Waals surface area contributed by atoms with Gasteiger partial charge in [0.05, 0.1) is 21.8 Å². The lowest BCUT2D eigenvalue weighted by atomic mass is 10.2. The average Bonchev–Trinajstić information content (AvgIpc) is 2.34. The van der Waals surface area contributed by atoms with Gasteiger partial charge in [-0.1, -0.05) is 23.2 Å². The molecule has 0 radical (unpaired) electrons. The molecule has 92 valence electrons. The lowest BCUT2D eigenvalue weighted by molar-refractivity contribution is 0.102. The van der Waals surface area contributed by atoms with E-state index in [1.165, 1.54) is 24.5 Å². The number of halogens is 3. The monoisotopic (exact) mass is 285 g/mol. The molecule has 2 rings (SSSR count). The Morgan fingerprint density at radius 3 is 2.72 bits per heavy atom. The Kier molecular flexibility index (Phi) is 3.74. The van der Waals surface area contributed by atoms with Crippen LogP contribution >= 0.6 is 23.2 Å². The van der Waals surface area contributed by atoms with Crippen molar-refractivity contribution in [2.45, 2.75) is 0 Å². The maximum Gasteiger partial charge on any atom is 0.259 e. The van der Waals surface area contributed by atoms with Crippen LogP contribution in [0.3, 0.4) is 0 Å². The molecule has 0 atom stereocenters. The fourth-order valence-electron chi connectivity index (χ4n) is 1.23. The Morgan fingerprint density at radius 2 is 2.06 bits per heavy atom. The third-order valence-electron chi connectivity index (χ3n) is 2.07. The van der Waals surface area contributed by atoms with E-state index in [1.807, 2.05) is 0 Å². The topological polar surface area (TPSA) is 54.9 Å². The molecule has 0 spiro atoms. The summed E-state index contributed by atoms with van der Waals surface area (Å²) in [6.07, 6.45) is 3.57. The summed E-state index contributed by atoms with van der Waals surface area (Å²) in [6.45, 7) is 0. The van der Waals surface area contributed by atoms with Gasteiger partial charge < -0.3 is 5.32 Å². The molecule has 0 unspecified atom stereocenters. The number of rotatable bonds is 2. The zero-order valence-corrected chi connectivity index (χ0v) is 10.3. The molecule has 0 aliphatic heterocycles. The van der Waals surface area contributed by atoms with Crippen LogP contribution in [0.15, 0.2) is 30.7 Å². The molecule has 0 saturated heterocycles. The zero-order valence-electron chi connectivity index (χ0n) is 8.82. The molecule has 1 N–H and O–H groups in total. The van der Waals surface area contributed by atoms with Gasteiger partial charge in [0.25, 0.3) is 5.91 Å². The van der Waals surface area contributed by atoms with Crippen molar-refractivity contribution in [3.63, 3.8) is 0 Å². The van der Waals surface area contributed by atoms with Gasteiger partial charge in [-0.15, -0.1) is 0 Å². The first-order valence-electron chi connectivity index (χ1n) is 4.80. The van der Waals surface area contributed by atoms with Crippen molar-refractivity contribution < 1.29 is 9.18 Å². The van der Waals surface area contributed by atoms with E-state index in [9.17, 15) is 9.18 Å². The molecule has 18 heavy (non-hydrogen) atoms. The highest BCUT2D eigenvalue weighted by Crippen LogP contribution is 2.23. The van der Waals surface area contributed by atoms with Crippen molar-refractivity contribution >= 4 is 34.9 Å². The lowest BCUT2D eigenvalue weighted by Gasteiger charge is -2.05. The van der Waals surface area contributed by atoms with E-state index in [0.717, 1.165) is 6.20 Å². The van der Waals surface area contributed by atoms with Crippen molar-refractivity contribution in [2.75, 3.05) is 5.32 Å². The molecular formula is C11H6Cl2FN3O. The smallest absolute Gasteiger partial charge is 0.259 e. The SMILES string of the molecule is O=C(Nc1cc(Cl)c(Cl)cn1)c1ccncc1F. The van der Waals surface area contributed by atoms with Crippen molar-refractivity contribution in [1.29, 1.82) is 0 Å². The number of nitrogens with zero attached hydrogens (tertiary/aromatic N) is 2. The van der Waals surface area contributed by atoms with Crippen molar-refractivity contribution in [3.8, 4) is 0 Å². The Bertz CT molecular complexity index is 607. The molecule has 4 nitrogen and oxygen atoms in total. The van der Waals surface area contributed by atoms with Gasteiger partial charge in [0.15, 0.2) is 5.82 Å². The molecule has 1 amide bonds. The van der Waals surface area contributed by atoms with Gasteiger partial charge in [-0.3, -0.25) is 9.78 Å². The number of carbonyl (C=O) groups excluding carboxylic acids is 1. The normalized spacial score (nSPS) is 10.2. The number of carbonyl (C=O) groups is 1. The summed E-state index contributed by atoms with van der Waals surface area (Å²) in [4.78, 5) is 19.1. The molecule has 0 aromatic carbocycles. The molecule has 0 aliphatic rings. The highest BCUT2D eigenvalue weighted by Gasteiger charge is 2.12. The van der Waals surface area contributed by atoms with Crippen LogP contribution in [-0.2, 0) is 0 Å². The lowest BCUT2D eigenvalue weighted by Crippen LogP contribution is -2.14. The van der Waals surface area contributed by atoms with Crippen LogP contribution < -0.4 is 5.32 Å². The fraction of sp³-hybridized carbons (Fsp3) is 0. The maximum absolute atomic E-state index is 13.3. The number of pyridine rings is 2. The van der Waals surface area contributed by atoms with Crippen LogP contribution in [-0.4, -0.2) is 15.9 Å². The number of amides is 1. The molecular weight excluding hydrogens is 280 g/mol. The van der Waals surface area contributed by atoms with Gasteiger partial charge in [0, 0.05) is 18.5 Å². The van der Waals surface area contributed by atoms with Gasteiger partial charge in [-0.25, -0.2) is 9.37 Å². The molecule has 0 fully saturated rings. The minimum atomic E-state index is -0.713. The number of aromatic nitrogens is 2. The Hall–Kier alpha value is -1.72. The van der Waals surface area contributed by atoms with Crippen LogP contribution in [0, 0.1) is 5.82 Å². The quantitative estimate of drug-likeness (QED) is 0.922. The van der Waals surface area contributed by atoms with E-state index in [1.54, 1.807) is 0 Å². The van der Waals surface area contributed by atoms with Crippen LogP contribution in [0.1, 0.15) is 10.4 Å². The highest BCUT2D eigenvalue weighted by atomic mass is 35.5. The standard InChI is InChI=1S/C11H6Cl2FN3O/c12-7-3-10(16-4-8(7)13)17-11(18)6-1-2-15-5-9(6)14/h1-5H,(H,16,17,18). The molecule has 2 heterocycles. The van der Waals surface area contributed by atoms with Gasteiger partial charge in [0.2, 0.25) is 0 Å². The Labute approximate surface area is 112 Å². The van der Waals surface area contributed by atoms with E-state index in [2.05, 4.69) is 15.3 Å². The largest absolute Gasteiger partial charge is 0.306 e. The number of hydrogen-bond acceptors (Lipinski definition) is 3. The predicted octanol–water partition coefficient (Wildman–Crippen LogP) is 3.17. The highest BCUT2D eigenvalue weighted by molar-refractivity contribution is 6.42. The first-order valence-corrected chi connectivity index (χ1v) is 5.55. The van der Waals surface area contributed by atoms with E-state index in [-0.39, 0.29) is 21.4 Å². The number of anilines is 1. The van der Waals surface area contributed by atoms with E-state index < -0.39 is 11.7 Å². The Morgan fingerprint density at radius 1 is 1.28 bits per heavy atom. The van der Waals surface area contributed by atoms with E-state index in [0.29, 0.717) is 0 Å². The molecule has 0 saturated carbocycles. The average molecular weight is 286 g/mol. The van der Waals surface area contributed by atoms with Gasteiger partial charge in [0.1, 0.15) is 5.82 Å². The second-order valence-electron chi connectivity index (χ2n) is 3.29. The van der Waals surface area contributed by atoms with Crippen LogP contribution in [0.5, 0.6) is 0 Å². The summed E-state index contributed by atoms with van der Waals surface area (Å²) >= 11 is 11.5. The minimum absolute atomic E-state index is 0.127.